The molecule has 7 nitrogen and oxygen atoms in total. The second-order valence-electron chi connectivity index (χ2n) is 6.80. The molecule has 2 heterocycles. The van der Waals surface area contributed by atoms with E-state index in [0.717, 1.165) is 57.3 Å². The Balaban J connectivity index is 1.45. The van der Waals surface area contributed by atoms with Crippen molar-refractivity contribution in [3.8, 4) is 5.69 Å². The zero-order chi connectivity index (χ0) is 19.8. The lowest BCUT2D eigenvalue weighted by Gasteiger charge is -2.11. The maximum atomic E-state index is 11.3. The van der Waals surface area contributed by atoms with Crippen LogP contribution in [-0.2, 0) is 6.42 Å². The number of benzene rings is 2. The first-order valence-electron chi connectivity index (χ1n) is 9.28. The normalized spacial score (nSPS) is 14.8. The summed E-state index contributed by atoms with van der Waals surface area (Å²) in [6, 6.07) is 14.8. The van der Waals surface area contributed by atoms with Crippen LogP contribution in [0.25, 0.3) is 15.9 Å². The third kappa shape index (κ3) is 3.38. The number of aromatic nitrogens is 3. The molecule has 29 heavy (non-hydrogen) atoms. The third-order valence-corrected chi connectivity index (χ3v) is 5.81. The van der Waals surface area contributed by atoms with Crippen LogP contribution in [0.2, 0.25) is 0 Å². The van der Waals surface area contributed by atoms with E-state index < -0.39 is 5.97 Å². The van der Waals surface area contributed by atoms with Crippen LogP contribution in [0.1, 0.15) is 34.5 Å². The number of hydrogen-bond donors (Lipinski definition) is 2. The average Bonchev–Trinajstić information content (AvgIpc) is 3.36. The molecular formula is C21H17N5O2S. The number of hydrazone groups is 1. The number of anilines is 1. The smallest absolute Gasteiger partial charge is 0.335 e. The lowest BCUT2D eigenvalue weighted by molar-refractivity contribution is 0.0697. The van der Waals surface area contributed by atoms with E-state index in [0.29, 0.717) is 0 Å². The lowest BCUT2D eigenvalue weighted by Crippen LogP contribution is -2.12. The number of rotatable bonds is 4. The van der Waals surface area contributed by atoms with Gasteiger partial charge in [0.2, 0.25) is 5.13 Å². The van der Waals surface area contributed by atoms with Gasteiger partial charge in [-0.05, 0) is 49.6 Å². The zero-order valence-electron chi connectivity index (χ0n) is 15.4. The van der Waals surface area contributed by atoms with Crippen molar-refractivity contribution in [2.24, 2.45) is 5.10 Å². The van der Waals surface area contributed by atoms with E-state index in [1.807, 2.05) is 36.5 Å². The summed E-state index contributed by atoms with van der Waals surface area (Å²) in [5.41, 5.74) is 7.91. The summed E-state index contributed by atoms with van der Waals surface area (Å²) in [5.74, 6) is -0.953. The van der Waals surface area contributed by atoms with Gasteiger partial charge in [0.25, 0.3) is 0 Å². The molecule has 0 bridgehead atoms. The molecule has 4 aromatic rings. The number of hydrogen-bond acceptors (Lipinski definition) is 6. The van der Waals surface area contributed by atoms with Crippen molar-refractivity contribution in [2.75, 3.05) is 5.43 Å². The second kappa shape index (κ2) is 7.14. The molecule has 0 saturated heterocycles. The molecule has 0 unspecified atom stereocenters. The quantitative estimate of drug-likeness (QED) is 0.495. The topological polar surface area (TPSA) is 92.4 Å². The van der Waals surface area contributed by atoms with E-state index in [2.05, 4.69) is 20.6 Å². The number of para-hydroxylation sites is 1. The van der Waals surface area contributed by atoms with Gasteiger partial charge in [-0.15, -0.1) is 0 Å². The summed E-state index contributed by atoms with van der Waals surface area (Å²) < 4.78 is 2.85. The number of fused-ring (bicyclic) bond motifs is 2. The van der Waals surface area contributed by atoms with Gasteiger partial charge in [-0.3, -0.25) is 5.43 Å². The molecule has 0 radical (unpaired) electrons. The van der Waals surface area contributed by atoms with Crippen molar-refractivity contribution in [3.05, 3.63) is 71.5 Å². The van der Waals surface area contributed by atoms with Crippen molar-refractivity contribution in [3.63, 3.8) is 0 Å². The average molecular weight is 403 g/mol. The van der Waals surface area contributed by atoms with E-state index >= 15 is 0 Å². The first kappa shape index (κ1) is 17.6. The van der Waals surface area contributed by atoms with Crippen LogP contribution in [0.3, 0.4) is 0 Å². The van der Waals surface area contributed by atoms with Crippen molar-refractivity contribution >= 4 is 38.4 Å². The fourth-order valence-corrected chi connectivity index (χ4v) is 4.27. The summed E-state index contributed by atoms with van der Waals surface area (Å²) in [6.07, 6.45) is 4.63. The maximum absolute atomic E-state index is 11.3. The summed E-state index contributed by atoms with van der Waals surface area (Å²) in [6.45, 7) is 0. The van der Waals surface area contributed by atoms with Crippen LogP contribution in [0.4, 0.5) is 5.13 Å². The summed E-state index contributed by atoms with van der Waals surface area (Å²) in [5, 5.41) is 19.3. The molecule has 0 aliphatic heterocycles. The van der Waals surface area contributed by atoms with Crippen LogP contribution in [0.5, 0.6) is 0 Å². The second-order valence-corrected chi connectivity index (χ2v) is 7.83. The molecule has 2 aromatic carbocycles. The monoisotopic (exact) mass is 403 g/mol. The predicted molar refractivity (Wildman–Crippen MR) is 113 cm³/mol. The molecule has 0 amide bonds. The van der Waals surface area contributed by atoms with Gasteiger partial charge in [-0.2, -0.15) is 10.2 Å². The molecule has 0 saturated carbocycles. The van der Waals surface area contributed by atoms with E-state index in [9.17, 15) is 9.90 Å². The fraction of sp³-hybridized carbons (Fsp3) is 0.143. The Morgan fingerprint density at radius 2 is 2.07 bits per heavy atom. The number of nitrogens with zero attached hydrogens (tertiary/aromatic N) is 4. The Kier molecular flexibility index (Phi) is 4.33. The summed E-state index contributed by atoms with van der Waals surface area (Å²) in [7, 11) is 0. The SMILES string of the molecule is O=C(O)c1cccc(-n2cc3c(n2)CCCC3=NNc2nc3ccccc3s2)c1. The number of aryl methyl sites for hydroxylation is 1. The zero-order valence-corrected chi connectivity index (χ0v) is 16.2. The number of thiazole rings is 1. The highest BCUT2D eigenvalue weighted by atomic mass is 32.1. The van der Waals surface area contributed by atoms with Gasteiger partial charge in [0.05, 0.1) is 32.9 Å². The van der Waals surface area contributed by atoms with Gasteiger partial charge >= 0.3 is 5.97 Å². The number of nitrogens with one attached hydrogen (secondary N) is 1. The minimum absolute atomic E-state index is 0.238. The molecule has 144 valence electrons. The minimum atomic E-state index is -0.953. The first-order valence-corrected chi connectivity index (χ1v) is 10.1. The van der Waals surface area contributed by atoms with Crippen LogP contribution in [0.15, 0.2) is 59.8 Å². The van der Waals surface area contributed by atoms with E-state index in [1.165, 1.54) is 0 Å². The summed E-state index contributed by atoms with van der Waals surface area (Å²) >= 11 is 1.57. The Bertz CT molecular complexity index is 1220. The number of carboxylic acids is 1. The third-order valence-electron chi connectivity index (χ3n) is 4.87. The first-order chi connectivity index (χ1) is 14.2. The molecule has 1 aliphatic carbocycles. The van der Waals surface area contributed by atoms with Crippen LogP contribution >= 0.6 is 11.3 Å². The van der Waals surface area contributed by atoms with Crippen molar-refractivity contribution in [2.45, 2.75) is 19.3 Å². The van der Waals surface area contributed by atoms with Crippen molar-refractivity contribution in [1.82, 2.24) is 14.8 Å². The Labute approximate surface area is 170 Å². The van der Waals surface area contributed by atoms with Gasteiger partial charge in [0.15, 0.2) is 0 Å². The highest BCUT2D eigenvalue weighted by Crippen LogP contribution is 2.27. The Morgan fingerprint density at radius 3 is 2.93 bits per heavy atom. The Morgan fingerprint density at radius 1 is 1.17 bits per heavy atom. The van der Waals surface area contributed by atoms with Gasteiger partial charge in [-0.1, -0.05) is 29.5 Å². The molecule has 2 aromatic heterocycles. The van der Waals surface area contributed by atoms with Crippen molar-refractivity contribution in [1.29, 1.82) is 0 Å². The highest BCUT2D eigenvalue weighted by Gasteiger charge is 2.20. The van der Waals surface area contributed by atoms with Crippen LogP contribution in [0, 0.1) is 0 Å². The molecule has 5 rings (SSSR count). The van der Waals surface area contributed by atoms with Crippen molar-refractivity contribution < 1.29 is 9.90 Å². The van der Waals surface area contributed by atoms with E-state index in [-0.39, 0.29) is 5.56 Å². The number of aromatic carboxylic acids is 1. The van der Waals surface area contributed by atoms with E-state index in [4.69, 9.17) is 0 Å². The molecule has 8 heteroatoms. The Hall–Kier alpha value is -3.52. The van der Waals surface area contributed by atoms with Gasteiger partial charge in [0.1, 0.15) is 0 Å². The highest BCUT2D eigenvalue weighted by molar-refractivity contribution is 7.22. The van der Waals surface area contributed by atoms with Crippen LogP contribution < -0.4 is 5.43 Å². The summed E-state index contributed by atoms with van der Waals surface area (Å²) in [4.78, 5) is 15.8. The largest absolute Gasteiger partial charge is 0.478 e. The van der Waals surface area contributed by atoms with Gasteiger partial charge in [0, 0.05) is 11.8 Å². The van der Waals surface area contributed by atoms with E-state index in [1.54, 1.807) is 34.2 Å². The van der Waals surface area contributed by atoms with Gasteiger partial charge in [-0.25, -0.2) is 14.5 Å². The standard InChI is InChI=1S/C21H17N5O2S/c27-20(28)13-5-3-6-14(11-13)26-12-15-16(8-4-9-17(15)25-26)23-24-21-22-18-7-1-2-10-19(18)29-21/h1-3,5-7,10-12H,4,8-9H2,(H,22,24)(H,27,28). The fourth-order valence-electron chi connectivity index (χ4n) is 3.46. The molecule has 0 fully saturated rings. The van der Waals surface area contributed by atoms with Gasteiger partial charge < -0.3 is 5.11 Å². The number of carbonyl (C=O) groups is 1. The maximum Gasteiger partial charge on any atom is 0.335 e. The predicted octanol–water partition coefficient (Wildman–Crippen LogP) is 4.33. The molecular weight excluding hydrogens is 386 g/mol. The lowest BCUT2D eigenvalue weighted by atomic mass is 9.96. The number of carboxylic acid groups (broad SMARTS) is 1. The molecule has 2 N–H and O–H groups in total. The van der Waals surface area contributed by atoms with Crippen LogP contribution in [-0.4, -0.2) is 31.6 Å². The molecule has 1 aliphatic rings. The molecule has 0 atom stereocenters. The molecule has 0 spiro atoms. The minimum Gasteiger partial charge on any atom is -0.478 e.